The summed E-state index contributed by atoms with van der Waals surface area (Å²) in [6.45, 7) is 1.25. The van der Waals surface area contributed by atoms with E-state index in [1.807, 2.05) is 0 Å². The summed E-state index contributed by atoms with van der Waals surface area (Å²) in [6.07, 6.45) is 0. The van der Waals surface area contributed by atoms with Crippen molar-refractivity contribution in [1.29, 1.82) is 0 Å². The highest BCUT2D eigenvalue weighted by Gasteiger charge is 2.12. The topological polar surface area (TPSA) is 34.1 Å². The van der Waals surface area contributed by atoms with Crippen molar-refractivity contribution < 1.29 is 9.59 Å². The Bertz CT molecular complexity index is 303. The fourth-order valence-electron chi connectivity index (χ4n) is 0.610. The maximum absolute atomic E-state index is 11.0. The fraction of sp³-hybridized carbons (Fsp3) is 0.143. The predicted octanol–water partition coefficient (Wildman–Crippen LogP) is 2.17. The highest BCUT2D eigenvalue weighted by Crippen LogP contribution is 2.21. The van der Waals surface area contributed by atoms with Crippen molar-refractivity contribution >= 4 is 34.5 Å². The van der Waals surface area contributed by atoms with Gasteiger partial charge >= 0.3 is 0 Å². The van der Waals surface area contributed by atoms with Gasteiger partial charge in [0, 0.05) is 6.92 Å². The standard InChI is InChI=1S/C7H5ClO2S/c1-4(9)7(10)5-2-3-6(8)11-5/h2-3H,1H3. The molecule has 58 valence electrons. The first kappa shape index (κ1) is 8.43. The number of Topliss-reactive ketones (excluding diaryl/α,β-unsaturated/α-hetero) is 2. The second-order valence-corrected chi connectivity index (χ2v) is 3.70. The van der Waals surface area contributed by atoms with Gasteiger partial charge in [-0.05, 0) is 12.1 Å². The van der Waals surface area contributed by atoms with Crippen LogP contribution in [0.2, 0.25) is 4.34 Å². The molecule has 0 aromatic carbocycles. The van der Waals surface area contributed by atoms with Gasteiger partial charge in [-0.1, -0.05) is 11.6 Å². The van der Waals surface area contributed by atoms with E-state index in [1.54, 1.807) is 12.1 Å². The molecular weight excluding hydrogens is 184 g/mol. The Morgan fingerprint density at radius 2 is 2.09 bits per heavy atom. The Labute approximate surface area is 72.8 Å². The summed E-state index contributed by atoms with van der Waals surface area (Å²) in [6, 6.07) is 3.15. The van der Waals surface area contributed by atoms with E-state index in [4.69, 9.17) is 11.6 Å². The summed E-state index contributed by atoms with van der Waals surface area (Å²) in [7, 11) is 0. The van der Waals surface area contributed by atoms with Gasteiger partial charge in [-0.3, -0.25) is 9.59 Å². The molecule has 0 aliphatic carbocycles. The molecule has 0 fully saturated rings. The third-order valence-corrected chi connectivity index (χ3v) is 2.35. The van der Waals surface area contributed by atoms with Crippen LogP contribution in [0.5, 0.6) is 0 Å². The zero-order chi connectivity index (χ0) is 8.43. The molecule has 11 heavy (non-hydrogen) atoms. The smallest absolute Gasteiger partial charge is 0.238 e. The van der Waals surface area contributed by atoms with Crippen LogP contribution < -0.4 is 0 Å². The number of rotatable bonds is 2. The van der Waals surface area contributed by atoms with Crippen molar-refractivity contribution in [3.8, 4) is 0 Å². The third kappa shape index (κ3) is 1.88. The van der Waals surface area contributed by atoms with Crippen LogP contribution >= 0.6 is 22.9 Å². The second-order valence-electron chi connectivity index (χ2n) is 1.99. The first-order chi connectivity index (χ1) is 5.11. The lowest BCUT2D eigenvalue weighted by Gasteiger charge is -1.86. The van der Waals surface area contributed by atoms with E-state index in [-0.39, 0.29) is 0 Å². The number of ketones is 2. The monoisotopic (exact) mass is 188 g/mol. The molecule has 1 aromatic rings. The van der Waals surface area contributed by atoms with Crippen molar-refractivity contribution in [3.05, 3.63) is 21.3 Å². The van der Waals surface area contributed by atoms with E-state index in [1.165, 1.54) is 6.92 Å². The van der Waals surface area contributed by atoms with E-state index in [0.717, 1.165) is 11.3 Å². The molecule has 0 N–H and O–H groups in total. The number of carbonyl (C=O) groups is 2. The Kier molecular flexibility index (Phi) is 2.42. The number of hydrogen-bond acceptors (Lipinski definition) is 3. The van der Waals surface area contributed by atoms with Crippen molar-refractivity contribution in [2.45, 2.75) is 6.92 Å². The molecule has 4 heteroatoms. The molecule has 0 aliphatic rings. The van der Waals surface area contributed by atoms with E-state index in [9.17, 15) is 9.59 Å². The minimum absolute atomic E-state index is 0.405. The SMILES string of the molecule is CC(=O)C(=O)c1ccc(Cl)s1. The van der Waals surface area contributed by atoms with Crippen molar-refractivity contribution in [3.63, 3.8) is 0 Å². The van der Waals surface area contributed by atoms with Crippen LogP contribution in [-0.4, -0.2) is 11.6 Å². The summed E-state index contributed by atoms with van der Waals surface area (Å²) in [5, 5.41) is 0. The van der Waals surface area contributed by atoms with Crippen LogP contribution in [-0.2, 0) is 4.79 Å². The molecule has 0 unspecified atom stereocenters. The molecule has 0 atom stereocenters. The largest absolute Gasteiger partial charge is 0.291 e. The molecule has 0 saturated carbocycles. The highest BCUT2D eigenvalue weighted by atomic mass is 35.5. The molecule has 1 heterocycles. The molecule has 0 saturated heterocycles. The highest BCUT2D eigenvalue weighted by molar-refractivity contribution is 7.18. The normalized spacial score (nSPS) is 9.64. The third-order valence-electron chi connectivity index (χ3n) is 1.12. The van der Waals surface area contributed by atoms with Crippen LogP contribution in [0.4, 0.5) is 0 Å². The van der Waals surface area contributed by atoms with Gasteiger partial charge in [-0.15, -0.1) is 11.3 Å². The summed E-state index contributed by atoms with van der Waals surface area (Å²) >= 11 is 6.68. The van der Waals surface area contributed by atoms with Gasteiger partial charge in [0.15, 0.2) is 0 Å². The molecule has 1 aromatic heterocycles. The van der Waals surface area contributed by atoms with Crippen molar-refractivity contribution in [1.82, 2.24) is 0 Å². The maximum Gasteiger partial charge on any atom is 0.238 e. The zero-order valence-electron chi connectivity index (χ0n) is 5.76. The average molecular weight is 189 g/mol. The number of carbonyl (C=O) groups excluding carboxylic acids is 2. The van der Waals surface area contributed by atoms with E-state index < -0.39 is 11.6 Å². The van der Waals surface area contributed by atoms with Gasteiger partial charge < -0.3 is 0 Å². The maximum atomic E-state index is 11.0. The fourth-order valence-corrected chi connectivity index (χ4v) is 1.64. The lowest BCUT2D eigenvalue weighted by molar-refractivity contribution is -0.113. The van der Waals surface area contributed by atoms with Gasteiger partial charge in [-0.2, -0.15) is 0 Å². The molecule has 0 amide bonds. The summed E-state index contributed by atoms with van der Waals surface area (Å²) < 4.78 is 0.523. The minimum Gasteiger partial charge on any atom is -0.291 e. The van der Waals surface area contributed by atoms with Crippen LogP contribution in [0.1, 0.15) is 16.6 Å². The first-order valence-electron chi connectivity index (χ1n) is 2.92. The quantitative estimate of drug-likeness (QED) is 0.527. The summed E-state index contributed by atoms with van der Waals surface area (Å²) in [4.78, 5) is 21.9. The van der Waals surface area contributed by atoms with Crippen molar-refractivity contribution in [2.75, 3.05) is 0 Å². The molecular formula is C7H5ClO2S. The van der Waals surface area contributed by atoms with Crippen LogP contribution in [0.3, 0.4) is 0 Å². The van der Waals surface area contributed by atoms with Crippen LogP contribution in [0, 0.1) is 0 Å². The van der Waals surface area contributed by atoms with Gasteiger partial charge in [0.05, 0.1) is 9.21 Å². The van der Waals surface area contributed by atoms with E-state index >= 15 is 0 Å². The van der Waals surface area contributed by atoms with E-state index in [0.29, 0.717) is 9.21 Å². The van der Waals surface area contributed by atoms with Crippen molar-refractivity contribution in [2.24, 2.45) is 0 Å². The average Bonchev–Trinajstić information content (AvgIpc) is 2.34. The lowest BCUT2D eigenvalue weighted by atomic mass is 10.2. The van der Waals surface area contributed by atoms with Gasteiger partial charge in [0.2, 0.25) is 11.6 Å². The number of thiophene rings is 1. The molecule has 0 aliphatic heterocycles. The predicted molar refractivity (Wildman–Crippen MR) is 44.3 cm³/mol. The molecule has 0 spiro atoms. The second kappa shape index (κ2) is 3.15. The Hall–Kier alpha value is -0.670. The Morgan fingerprint density at radius 1 is 1.45 bits per heavy atom. The number of hydrogen-bond donors (Lipinski definition) is 0. The summed E-state index contributed by atoms with van der Waals surface area (Å²) in [5.74, 6) is -0.926. The van der Waals surface area contributed by atoms with Gasteiger partial charge in [0.25, 0.3) is 0 Å². The molecule has 1 rings (SSSR count). The van der Waals surface area contributed by atoms with Gasteiger partial charge in [-0.25, -0.2) is 0 Å². The minimum atomic E-state index is -0.470. The molecule has 0 bridgehead atoms. The van der Waals surface area contributed by atoms with Gasteiger partial charge in [0.1, 0.15) is 0 Å². The zero-order valence-corrected chi connectivity index (χ0v) is 7.33. The van der Waals surface area contributed by atoms with E-state index in [2.05, 4.69) is 0 Å². The molecule has 0 radical (unpaired) electrons. The number of halogens is 1. The lowest BCUT2D eigenvalue weighted by Crippen LogP contribution is -2.06. The Balaban J connectivity index is 2.94. The first-order valence-corrected chi connectivity index (χ1v) is 4.11. The van der Waals surface area contributed by atoms with Crippen LogP contribution in [0.25, 0.3) is 0 Å². The molecule has 2 nitrogen and oxygen atoms in total. The summed E-state index contributed by atoms with van der Waals surface area (Å²) in [5.41, 5.74) is 0. The van der Waals surface area contributed by atoms with Crippen LogP contribution in [0.15, 0.2) is 12.1 Å². The Morgan fingerprint density at radius 3 is 2.45 bits per heavy atom.